The molecule has 4 aliphatic heterocycles. The van der Waals surface area contributed by atoms with Gasteiger partial charge < -0.3 is 33.2 Å². The number of hydrogen-bond acceptors (Lipinski definition) is 11. The van der Waals surface area contributed by atoms with Crippen molar-refractivity contribution in [1.82, 2.24) is 4.90 Å². The molecule has 4 heterocycles. The maximum atomic E-state index is 14.3. The molecule has 0 amide bonds. The van der Waals surface area contributed by atoms with Crippen molar-refractivity contribution in [2.24, 2.45) is 23.7 Å². The van der Waals surface area contributed by atoms with Crippen molar-refractivity contribution in [3.8, 4) is 23.0 Å². The molecule has 40 heavy (non-hydrogen) atoms. The third-order valence-electron chi connectivity index (χ3n) is 9.01. The molecule has 0 unspecified atom stereocenters. The monoisotopic (exact) mass is 553 g/mol. The van der Waals surface area contributed by atoms with E-state index in [1.165, 1.54) is 21.3 Å². The fourth-order valence-corrected chi connectivity index (χ4v) is 7.76. The first kappa shape index (κ1) is 26.2. The Morgan fingerprint density at radius 2 is 1.18 bits per heavy atom. The van der Waals surface area contributed by atoms with Crippen molar-refractivity contribution < 1.29 is 47.5 Å². The van der Waals surface area contributed by atoms with Crippen molar-refractivity contribution in [2.75, 3.05) is 48.8 Å². The molecule has 6 atom stereocenters. The molecule has 2 aromatic rings. The van der Waals surface area contributed by atoms with E-state index in [-0.39, 0.29) is 13.2 Å². The Balaban J connectivity index is 1.73. The highest BCUT2D eigenvalue weighted by Crippen LogP contribution is 2.70. The van der Waals surface area contributed by atoms with Crippen LogP contribution in [0.25, 0.3) is 0 Å². The van der Waals surface area contributed by atoms with Crippen molar-refractivity contribution >= 4 is 17.9 Å². The predicted octanol–water partition coefficient (Wildman–Crippen LogP) is 2.32. The molecule has 0 bridgehead atoms. The van der Waals surface area contributed by atoms with Crippen molar-refractivity contribution in [3.63, 3.8) is 0 Å². The summed E-state index contributed by atoms with van der Waals surface area (Å²) >= 11 is 0. The predicted molar refractivity (Wildman–Crippen MR) is 137 cm³/mol. The summed E-state index contributed by atoms with van der Waals surface area (Å²) in [7, 11) is 6.88. The summed E-state index contributed by atoms with van der Waals surface area (Å²) < 4.78 is 40.0. The molecular formula is C29H31NO10. The third-order valence-corrected chi connectivity index (χ3v) is 9.01. The van der Waals surface area contributed by atoms with Gasteiger partial charge in [0.2, 0.25) is 0 Å². The molecule has 2 saturated heterocycles. The number of fused-ring (bicyclic) bond motifs is 9. The van der Waals surface area contributed by atoms with Gasteiger partial charge in [-0.25, -0.2) is 4.79 Å². The first-order valence-electron chi connectivity index (χ1n) is 13.0. The Morgan fingerprint density at radius 3 is 1.55 bits per heavy atom. The standard InChI is InChI=1S/C29H31NO10/c1-34-16-8-6-10-18-20(16)24-14(12-39-18)22(26(31)36-3)29(28(33)38-5)23(27(32)37-4)15-13-40-19-11-7-9-17(35-2)21(19)25(15)30(24)29/h6-11,14-15,22-25H,12-13H2,1-5H3/t14-,15-,22+,23+,24+,25+/m1/s1. The van der Waals surface area contributed by atoms with Crippen LogP contribution in [-0.2, 0) is 28.6 Å². The van der Waals surface area contributed by atoms with Gasteiger partial charge >= 0.3 is 17.9 Å². The van der Waals surface area contributed by atoms with Crippen LogP contribution in [0.5, 0.6) is 23.0 Å². The highest BCUT2D eigenvalue weighted by molar-refractivity contribution is 5.96. The van der Waals surface area contributed by atoms with Crippen molar-refractivity contribution in [3.05, 3.63) is 47.5 Å². The van der Waals surface area contributed by atoms with Crippen LogP contribution in [0.1, 0.15) is 23.2 Å². The van der Waals surface area contributed by atoms with Gasteiger partial charge in [0, 0.05) is 11.8 Å². The molecule has 0 aliphatic carbocycles. The van der Waals surface area contributed by atoms with Gasteiger partial charge in [-0.3, -0.25) is 14.5 Å². The molecular weight excluding hydrogens is 522 g/mol. The minimum absolute atomic E-state index is 0.0976. The summed E-state index contributed by atoms with van der Waals surface area (Å²) in [6.45, 7) is 0.195. The summed E-state index contributed by atoms with van der Waals surface area (Å²) in [6.07, 6.45) is 0. The van der Waals surface area contributed by atoms with Crippen LogP contribution in [0.15, 0.2) is 36.4 Å². The summed E-state index contributed by atoms with van der Waals surface area (Å²) in [5.41, 5.74) is -0.460. The zero-order valence-electron chi connectivity index (χ0n) is 22.9. The molecule has 0 saturated carbocycles. The smallest absolute Gasteiger partial charge is 0.328 e. The lowest BCUT2D eigenvalue weighted by Gasteiger charge is -2.41. The second kappa shape index (κ2) is 9.58. The van der Waals surface area contributed by atoms with E-state index < -0.39 is 59.2 Å². The summed E-state index contributed by atoms with van der Waals surface area (Å²) in [4.78, 5) is 43.8. The lowest BCUT2D eigenvalue weighted by molar-refractivity contribution is -0.173. The number of ether oxygens (including phenoxy) is 7. The average Bonchev–Trinajstić information content (AvgIpc) is 3.47. The number of carbonyl (C=O) groups excluding carboxylic acids is 3. The van der Waals surface area contributed by atoms with E-state index >= 15 is 0 Å². The van der Waals surface area contributed by atoms with Gasteiger partial charge in [-0.05, 0) is 24.3 Å². The van der Waals surface area contributed by atoms with Crippen LogP contribution in [0.3, 0.4) is 0 Å². The molecule has 0 radical (unpaired) electrons. The second-order valence-corrected chi connectivity index (χ2v) is 10.3. The van der Waals surface area contributed by atoms with Gasteiger partial charge in [-0.1, -0.05) is 12.1 Å². The Hall–Kier alpha value is -3.99. The van der Waals surface area contributed by atoms with E-state index in [0.29, 0.717) is 34.1 Å². The zero-order valence-corrected chi connectivity index (χ0v) is 22.9. The Morgan fingerprint density at radius 1 is 0.725 bits per heavy atom. The molecule has 11 nitrogen and oxygen atoms in total. The molecule has 0 N–H and O–H groups in total. The zero-order chi connectivity index (χ0) is 28.3. The maximum absolute atomic E-state index is 14.3. The molecule has 0 aromatic heterocycles. The number of carbonyl (C=O) groups is 3. The topological polar surface area (TPSA) is 119 Å². The Bertz CT molecular complexity index is 1250. The van der Waals surface area contributed by atoms with E-state index in [0.717, 1.165) is 0 Å². The van der Waals surface area contributed by atoms with Crippen LogP contribution in [0.4, 0.5) is 0 Å². The summed E-state index contributed by atoms with van der Waals surface area (Å²) in [5.74, 6) is -3.32. The number of methoxy groups -OCH3 is 5. The van der Waals surface area contributed by atoms with Crippen LogP contribution in [-0.4, -0.2) is 77.1 Å². The SMILES string of the molecule is COC(=O)[C@@H]1[C@H]2COc3cccc(OC)c3[C@H]2N2[C@@H]3c4c(OC)cccc4OC[C@@H]3[C@@H](C(=O)OC)C12C(=O)OC. The largest absolute Gasteiger partial charge is 0.496 e. The van der Waals surface area contributed by atoms with Gasteiger partial charge in [0.15, 0.2) is 0 Å². The van der Waals surface area contributed by atoms with E-state index in [1.807, 2.05) is 29.2 Å². The fraction of sp³-hybridized carbons (Fsp3) is 0.483. The van der Waals surface area contributed by atoms with E-state index in [1.54, 1.807) is 26.4 Å². The molecule has 212 valence electrons. The lowest BCUT2D eigenvalue weighted by Crippen LogP contribution is -2.60. The first-order valence-corrected chi connectivity index (χ1v) is 13.0. The van der Waals surface area contributed by atoms with Gasteiger partial charge in [-0.2, -0.15) is 0 Å². The molecule has 11 heteroatoms. The quantitative estimate of drug-likeness (QED) is 0.401. The molecule has 2 aromatic carbocycles. The van der Waals surface area contributed by atoms with Crippen molar-refractivity contribution in [1.29, 1.82) is 0 Å². The minimum atomic E-state index is -1.81. The third kappa shape index (κ3) is 3.18. The van der Waals surface area contributed by atoms with E-state index in [4.69, 9.17) is 33.2 Å². The van der Waals surface area contributed by atoms with E-state index in [9.17, 15) is 14.4 Å². The highest BCUT2D eigenvalue weighted by atomic mass is 16.5. The number of rotatable bonds is 5. The van der Waals surface area contributed by atoms with Crippen molar-refractivity contribution in [2.45, 2.75) is 17.6 Å². The minimum Gasteiger partial charge on any atom is -0.496 e. The fourth-order valence-electron chi connectivity index (χ4n) is 7.76. The first-order chi connectivity index (χ1) is 19.4. The summed E-state index contributed by atoms with van der Waals surface area (Å²) in [5, 5.41) is 0. The van der Waals surface area contributed by atoms with Gasteiger partial charge in [0.25, 0.3) is 0 Å². The van der Waals surface area contributed by atoms with Crippen LogP contribution >= 0.6 is 0 Å². The molecule has 6 rings (SSSR count). The normalized spacial score (nSPS) is 31.1. The number of hydrogen-bond donors (Lipinski definition) is 0. The molecule has 4 aliphatic rings. The summed E-state index contributed by atoms with van der Waals surface area (Å²) in [6, 6.07) is 9.69. The number of nitrogens with zero attached hydrogens (tertiary/aromatic N) is 1. The van der Waals surface area contributed by atoms with Gasteiger partial charge in [-0.15, -0.1) is 0 Å². The second-order valence-electron chi connectivity index (χ2n) is 10.3. The van der Waals surface area contributed by atoms with Crippen LogP contribution in [0, 0.1) is 23.7 Å². The van der Waals surface area contributed by atoms with Gasteiger partial charge in [0.05, 0.1) is 83.8 Å². The number of benzene rings is 2. The highest BCUT2D eigenvalue weighted by Gasteiger charge is 2.80. The molecule has 2 fully saturated rings. The van der Waals surface area contributed by atoms with Crippen LogP contribution < -0.4 is 18.9 Å². The molecule has 0 spiro atoms. The maximum Gasteiger partial charge on any atom is 0.328 e. The lowest BCUT2D eigenvalue weighted by atomic mass is 9.67. The Kier molecular flexibility index (Phi) is 6.29. The van der Waals surface area contributed by atoms with E-state index in [2.05, 4.69) is 0 Å². The van der Waals surface area contributed by atoms with Crippen LogP contribution in [0.2, 0.25) is 0 Å². The van der Waals surface area contributed by atoms with Gasteiger partial charge in [0.1, 0.15) is 28.5 Å². The Labute approximate surface area is 231 Å². The number of esters is 3. The average molecular weight is 554 g/mol.